The molecule has 0 N–H and O–H groups in total. The van der Waals surface area contributed by atoms with E-state index in [2.05, 4.69) is 15.9 Å². The molecule has 2 nitrogen and oxygen atoms in total. The van der Waals surface area contributed by atoms with Gasteiger partial charge in [-0.25, -0.2) is 0 Å². The number of halogens is 4. The molecule has 0 radical (unpaired) electrons. The van der Waals surface area contributed by atoms with Gasteiger partial charge in [-0.05, 0) is 38.0 Å². The number of amides is 1. The summed E-state index contributed by atoms with van der Waals surface area (Å²) in [6.45, 7) is 2.56. The Balaban J connectivity index is 2.30. The van der Waals surface area contributed by atoms with Crippen molar-refractivity contribution in [1.29, 1.82) is 0 Å². The zero-order valence-electron chi connectivity index (χ0n) is 11.7. The van der Waals surface area contributed by atoms with Gasteiger partial charge in [-0.1, -0.05) is 28.8 Å². The third kappa shape index (κ3) is 3.78. The predicted molar refractivity (Wildman–Crippen MR) is 78.1 cm³/mol. The summed E-state index contributed by atoms with van der Waals surface area (Å²) >= 11 is 2.89. The highest BCUT2D eigenvalue weighted by Gasteiger charge is 2.34. The second kappa shape index (κ2) is 6.38. The zero-order valence-corrected chi connectivity index (χ0v) is 13.3. The SMILES string of the molecule is CC1CCCCCN1C(=O)c1ccc(Br)c(C(F)(F)F)c1. The predicted octanol–water partition coefficient (Wildman–Crippen LogP) is 4.87. The van der Waals surface area contributed by atoms with Gasteiger partial charge in [0.25, 0.3) is 5.91 Å². The molecular formula is C15H17BrF3NO. The molecule has 1 unspecified atom stereocenters. The zero-order chi connectivity index (χ0) is 15.6. The van der Waals surface area contributed by atoms with Crippen molar-refractivity contribution in [2.24, 2.45) is 0 Å². The van der Waals surface area contributed by atoms with Crippen LogP contribution < -0.4 is 0 Å². The Morgan fingerprint density at radius 1 is 1.29 bits per heavy atom. The van der Waals surface area contributed by atoms with E-state index < -0.39 is 11.7 Å². The lowest BCUT2D eigenvalue weighted by Gasteiger charge is -2.27. The van der Waals surface area contributed by atoms with Crippen LogP contribution in [0.4, 0.5) is 13.2 Å². The molecule has 0 saturated carbocycles. The molecule has 0 bridgehead atoms. The molecule has 0 aromatic heterocycles. The number of rotatable bonds is 1. The Morgan fingerprint density at radius 3 is 2.67 bits per heavy atom. The fourth-order valence-electron chi connectivity index (χ4n) is 2.62. The van der Waals surface area contributed by atoms with Gasteiger partial charge < -0.3 is 4.90 Å². The minimum absolute atomic E-state index is 0.0459. The van der Waals surface area contributed by atoms with Crippen molar-refractivity contribution < 1.29 is 18.0 Å². The molecule has 1 aliphatic rings. The second-order valence-corrected chi connectivity index (χ2v) is 6.24. The molecular weight excluding hydrogens is 347 g/mol. The minimum atomic E-state index is -4.47. The van der Waals surface area contributed by atoms with E-state index >= 15 is 0 Å². The van der Waals surface area contributed by atoms with Crippen molar-refractivity contribution in [1.82, 2.24) is 4.90 Å². The first-order valence-corrected chi connectivity index (χ1v) is 7.77. The molecule has 116 valence electrons. The number of benzene rings is 1. The van der Waals surface area contributed by atoms with E-state index in [-0.39, 0.29) is 22.0 Å². The molecule has 1 fully saturated rings. The maximum absolute atomic E-state index is 12.9. The average molecular weight is 364 g/mol. The number of carbonyl (C=O) groups excluding carboxylic acids is 1. The molecule has 1 aromatic carbocycles. The Hall–Kier alpha value is -1.04. The van der Waals surface area contributed by atoms with Crippen molar-refractivity contribution in [2.45, 2.75) is 44.8 Å². The van der Waals surface area contributed by atoms with Gasteiger partial charge in [-0.15, -0.1) is 0 Å². The van der Waals surface area contributed by atoms with Gasteiger partial charge in [0.2, 0.25) is 0 Å². The Kier molecular flexibility index (Phi) is 4.96. The lowest BCUT2D eigenvalue weighted by Crippen LogP contribution is -2.38. The Labute approximate surface area is 130 Å². The first kappa shape index (κ1) is 16.3. The van der Waals surface area contributed by atoms with Crippen LogP contribution in [-0.2, 0) is 6.18 Å². The molecule has 6 heteroatoms. The summed E-state index contributed by atoms with van der Waals surface area (Å²) in [6, 6.07) is 3.74. The highest BCUT2D eigenvalue weighted by atomic mass is 79.9. The van der Waals surface area contributed by atoms with Gasteiger partial charge in [-0.3, -0.25) is 4.79 Å². The van der Waals surface area contributed by atoms with Crippen LogP contribution >= 0.6 is 15.9 Å². The van der Waals surface area contributed by atoms with E-state index in [0.717, 1.165) is 31.7 Å². The fourth-order valence-corrected chi connectivity index (χ4v) is 3.09. The first-order valence-electron chi connectivity index (χ1n) is 6.98. The number of likely N-dealkylation sites (tertiary alicyclic amines) is 1. The average Bonchev–Trinajstić information content (AvgIpc) is 2.62. The fraction of sp³-hybridized carbons (Fsp3) is 0.533. The number of nitrogens with zero attached hydrogens (tertiary/aromatic N) is 1. The minimum Gasteiger partial charge on any atom is -0.336 e. The topological polar surface area (TPSA) is 20.3 Å². The van der Waals surface area contributed by atoms with Crippen LogP contribution in [0, 0.1) is 0 Å². The highest BCUT2D eigenvalue weighted by Crippen LogP contribution is 2.35. The normalized spacial score (nSPS) is 20.2. The molecule has 1 saturated heterocycles. The standard InChI is InChI=1S/C15H17BrF3NO/c1-10-5-3-2-4-8-20(10)14(21)11-6-7-13(16)12(9-11)15(17,18)19/h6-7,9-10H,2-5,8H2,1H3. The van der Waals surface area contributed by atoms with Crippen molar-refractivity contribution in [3.8, 4) is 0 Å². The summed E-state index contributed by atoms with van der Waals surface area (Å²) in [6.07, 6.45) is -0.562. The third-order valence-corrected chi connectivity index (χ3v) is 4.52. The molecule has 1 heterocycles. The number of hydrogen-bond acceptors (Lipinski definition) is 1. The van der Waals surface area contributed by atoms with Crippen molar-refractivity contribution in [3.63, 3.8) is 0 Å². The quantitative estimate of drug-likeness (QED) is 0.696. The molecule has 1 amide bonds. The Bertz CT molecular complexity index is 530. The summed E-state index contributed by atoms with van der Waals surface area (Å²) < 4.78 is 38.7. The van der Waals surface area contributed by atoms with Crippen LogP contribution in [0.25, 0.3) is 0 Å². The van der Waals surface area contributed by atoms with E-state index in [1.165, 1.54) is 12.1 Å². The monoisotopic (exact) mass is 363 g/mol. The van der Waals surface area contributed by atoms with E-state index in [1.54, 1.807) is 4.90 Å². The summed E-state index contributed by atoms with van der Waals surface area (Å²) in [5.74, 6) is -0.317. The molecule has 21 heavy (non-hydrogen) atoms. The first-order chi connectivity index (χ1) is 9.80. The number of alkyl halides is 3. The second-order valence-electron chi connectivity index (χ2n) is 5.39. The van der Waals surface area contributed by atoms with Gasteiger partial charge in [0.15, 0.2) is 0 Å². The van der Waals surface area contributed by atoms with Crippen LogP contribution in [0.15, 0.2) is 22.7 Å². The summed E-state index contributed by atoms with van der Waals surface area (Å²) in [5.41, 5.74) is -0.713. The van der Waals surface area contributed by atoms with Crippen LogP contribution in [0.1, 0.15) is 48.5 Å². The molecule has 1 aromatic rings. The number of hydrogen-bond donors (Lipinski definition) is 0. The van der Waals surface area contributed by atoms with Crippen LogP contribution in [-0.4, -0.2) is 23.4 Å². The molecule has 0 spiro atoms. The Morgan fingerprint density at radius 2 is 2.00 bits per heavy atom. The molecule has 0 aliphatic carbocycles. The smallest absolute Gasteiger partial charge is 0.336 e. The molecule has 1 atom stereocenters. The van der Waals surface area contributed by atoms with Crippen molar-refractivity contribution >= 4 is 21.8 Å². The van der Waals surface area contributed by atoms with Gasteiger partial charge in [0.1, 0.15) is 0 Å². The van der Waals surface area contributed by atoms with Crippen LogP contribution in [0.3, 0.4) is 0 Å². The van der Waals surface area contributed by atoms with Gasteiger partial charge in [0.05, 0.1) is 5.56 Å². The van der Waals surface area contributed by atoms with Gasteiger partial charge in [-0.2, -0.15) is 13.2 Å². The van der Waals surface area contributed by atoms with E-state index in [1.807, 2.05) is 6.92 Å². The summed E-state index contributed by atoms with van der Waals surface area (Å²) in [5, 5.41) is 0. The van der Waals surface area contributed by atoms with Crippen molar-refractivity contribution in [2.75, 3.05) is 6.54 Å². The lowest BCUT2D eigenvalue weighted by atomic mass is 10.1. The third-order valence-electron chi connectivity index (χ3n) is 3.83. The van der Waals surface area contributed by atoms with Gasteiger partial charge in [0, 0.05) is 22.6 Å². The summed E-state index contributed by atoms with van der Waals surface area (Å²) in [4.78, 5) is 14.2. The van der Waals surface area contributed by atoms with E-state index in [9.17, 15) is 18.0 Å². The lowest BCUT2D eigenvalue weighted by molar-refractivity contribution is -0.138. The largest absolute Gasteiger partial charge is 0.417 e. The van der Waals surface area contributed by atoms with Gasteiger partial charge >= 0.3 is 6.18 Å². The molecule has 2 rings (SSSR count). The van der Waals surface area contributed by atoms with E-state index in [0.29, 0.717) is 6.54 Å². The highest BCUT2D eigenvalue weighted by molar-refractivity contribution is 9.10. The summed E-state index contributed by atoms with van der Waals surface area (Å²) in [7, 11) is 0. The van der Waals surface area contributed by atoms with Crippen molar-refractivity contribution in [3.05, 3.63) is 33.8 Å². The maximum atomic E-state index is 12.9. The van der Waals surface area contributed by atoms with Crippen LogP contribution in [0.2, 0.25) is 0 Å². The van der Waals surface area contributed by atoms with Crippen LogP contribution in [0.5, 0.6) is 0 Å². The number of carbonyl (C=O) groups is 1. The molecule has 1 aliphatic heterocycles. The van der Waals surface area contributed by atoms with E-state index in [4.69, 9.17) is 0 Å². The maximum Gasteiger partial charge on any atom is 0.417 e.